The Labute approximate surface area is 161 Å². The molecule has 0 bridgehead atoms. The van der Waals surface area contributed by atoms with Crippen LogP contribution in [0.3, 0.4) is 0 Å². The Kier molecular flexibility index (Phi) is 6.12. The van der Waals surface area contributed by atoms with Crippen molar-refractivity contribution in [2.45, 2.75) is 30.7 Å². The van der Waals surface area contributed by atoms with Crippen LogP contribution in [0.25, 0.3) is 0 Å². The standard InChI is InChI=1S/C20H18ClFN2OS/c1-13(2)18-11-19(25-17-8-4-7-16(22)10-17)24-20(23-18)26-12-14-5-3-6-15(21)9-14/h3-11,13H,12H2,1-2H3. The molecule has 134 valence electrons. The molecule has 0 saturated carbocycles. The van der Waals surface area contributed by atoms with Crippen LogP contribution in [-0.4, -0.2) is 9.97 Å². The van der Waals surface area contributed by atoms with Crippen LogP contribution in [0.4, 0.5) is 4.39 Å². The molecule has 0 amide bonds. The molecule has 0 atom stereocenters. The van der Waals surface area contributed by atoms with E-state index < -0.39 is 0 Å². The van der Waals surface area contributed by atoms with Gasteiger partial charge in [0.2, 0.25) is 5.88 Å². The molecular weight excluding hydrogens is 371 g/mol. The molecular formula is C20H18ClFN2OS. The van der Waals surface area contributed by atoms with Crippen molar-refractivity contribution >= 4 is 23.4 Å². The summed E-state index contributed by atoms with van der Waals surface area (Å²) >= 11 is 7.54. The Morgan fingerprint density at radius 3 is 2.62 bits per heavy atom. The molecule has 2 aromatic carbocycles. The third kappa shape index (κ3) is 5.19. The molecule has 1 aromatic heterocycles. The van der Waals surface area contributed by atoms with E-state index in [4.69, 9.17) is 16.3 Å². The lowest BCUT2D eigenvalue weighted by atomic mass is 10.1. The average molecular weight is 389 g/mol. The fraction of sp³-hybridized carbons (Fsp3) is 0.200. The molecule has 0 aliphatic heterocycles. The lowest BCUT2D eigenvalue weighted by molar-refractivity contribution is 0.448. The van der Waals surface area contributed by atoms with Gasteiger partial charge in [-0.3, -0.25) is 0 Å². The summed E-state index contributed by atoms with van der Waals surface area (Å²) in [6.07, 6.45) is 0. The van der Waals surface area contributed by atoms with E-state index in [1.54, 1.807) is 18.2 Å². The molecule has 0 saturated heterocycles. The first-order valence-corrected chi connectivity index (χ1v) is 9.55. The third-order valence-corrected chi connectivity index (χ3v) is 4.72. The Balaban J connectivity index is 1.81. The van der Waals surface area contributed by atoms with Crippen molar-refractivity contribution < 1.29 is 9.13 Å². The van der Waals surface area contributed by atoms with Crippen LogP contribution in [0.1, 0.15) is 31.0 Å². The fourth-order valence-electron chi connectivity index (χ4n) is 2.26. The maximum absolute atomic E-state index is 13.4. The van der Waals surface area contributed by atoms with Crippen LogP contribution >= 0.6 is 23.4 Å². The van der Waals surface area contributed by atoms with Crippen LogP contribution in [0, 0.1) is 5.82 Å². The van der Waals surface area contributed by atoms with Crippen molar-refractivity contribution in [3.8, 4) is 11.6 Å². The highest BCUT2D eigenvalue weighted by Gasteiger charge is 2.11. The highest BCUT2D eigenvalue weighted by atomic mass is 35.5. The third-order valence-electron chi connectivity index (χ3n) is 3.57. The Bertz CT molecular complexity index is 904. The molecule has 0 N–H and O–H groups in total. The second kappa shape index (κ2) is 8.52. The lowest BCUT2D eigenvalue weighted by Gasteiger charge is -2.11. The zero-order chi connectivity index (χ0) is 18.5. The van der Waals surface area contributed by atoms with E-state index >= 15 is 0 Å². The van der Waals surface area contributed by atoms with Gasteiger partial charge in [0, 0.05) is 22.9 Å². The van der Waals surface area contributed by atoms with Crippen molar-refractivity contribution in [3.05, 3.63) is 76.7 Å². The molecule has 0 spiro atoms. The molecule has 3 aromatic rings. The Morgan fingerprint density at radius 2 is 1.88 bits per heavy atom. The van der Waals surface area contributed by atoms with Gasteiger partial charge in [-0.25, -0.2) is 9.37 Å². The van der Waals surface area contributed by atoms with Gasteiger partial charge in [-0.1, -0.05) is 55.4 Å². The first-order valence-electron chi connectivity index (χ1n) is 8.19. The van der Waals surface area contributed by atoms with E-state index in [0.717, 1.165) is 11.3 Å². The number of thioether (sulfide) groups is 1. The number of rotatable bonds is 6. The van der Waals surface area contributed by atoms with Crippen molar-refractivity contribution in [2.24, 2.45) is 0 Å². The van der Waals surface area contributed by atoms with Gasteiger partial charge in [0.05, 0.1) is 5.69 Å². The summed E-state index contributed by atoms with van der Waals surface area (Å²) in [4.78, 5) is 9.05. The minimum atomic E-state index is -0.351. The number of ether oxygens (including phenoxy) is 1. The predicted octanol–water partition coefficient (Wildman–Crippen LogP) is 6.48. The molecule has 3 nitrogen and oxygen atoms in total. The van der Waals surface area contributed by atoms with Gasteiger partial charge in [-0.05, 0) is 35.7 Å². The van der Waals surface area contributed by atoms with Crippen LogP contribution in [-0.2, 0) is 5.75 Å². The number of halogens is 2. The molecule has 0 unspecified atom stereocenters. The number of benzene rings is 2. The van der Waals surface area contributed by atoms with Crippen LogP contribution in [0.2, 0.25) is 5.02 Å². The molecule has 26 heavy (non-hydrogen) atoms. The minimum Gasteiger partial charge on any atom is -0.439 e. The van der Waals surface area contributed by atoms with Crippen LogP contribution in [0.5, 0.6) is 11.6 Å². The molecule has 6 heteroatoms. The number of nitrogens with zero attached hydrogens (tertiary/aromatic N) is 2. The zero-order valence-electron chi connectivity index (χ0n) is 14.4. The largest absolute Gasteiger partial charge is 0.439 e. The molecule has 1 heterocycles. The van der Waals surface area contributed by atoms with Crippen molar-refractivity contribution in [3.63, 3.8) is 0 Å². The van der Waals surface area contributed by atoms with E-state index in [-0.39, 0.29) is 11.7 Å². The maximum atomic E-state index is 13.4. The highest BCUT2D eigenvalue weighted by molar-refractivity contribution is 7.98. The quantitative estimate of drug-likeness (QED) is 0.357. The van der Waals surface area contributed by atoms with E-state index in [1.807, 2.05) is 24.3 Å². The molecule has 0 radical (unpaired) electrons. The first-order chi connectivity index (χ1) is 12.5. The summed E-state index contributed by atoms with van der Waals surface area (Å²) in [6.45, 7) is 4.11. The zero-order valence-corrected chi connectivity index (χ0v) is 16.0. The summed E-state index contributed by atoms with van der Waals surface area (Å²) in [5.74, 6) is 1.38. The molecule has 3 rings (SSSR count). The Morgan fingerprint density at radius 1 is 1.08 bits per heavy atom. The number of hydrogen-bond donors (Lipinski definition) is 0. The monoisotopic (exact) mass is 388 g/mol. The van der Waals surface area contributed by atoms with Gasteiger partial charge in [0.25, 0.3) is 0 Å². The van der Waals surface area contributed by atoms with Crippen molar-refractivity contribution in [2.75, 3.05) is 0 Å². The molecule has 0 aliphatic carbocycles. The van der Waals surface area contributed by atoms with E-state index in [0.29, 0.717) is 27.6 Å². The summed E-state index contributed by atoms with van der Waals surface area (Å²) in [7, 11) is 0. The van der Waals surface area contributed by atoms with Gasteiger partial charge in [-0.15, -0.1) is 0 Å². The summed E-state index contributed by atoms with van der Waals surface area (Å²) in [5.41, 5.74) is 1.97. The maximum Gasteiger partial charge on any atom is 0.223 e. The van der Waals surface area contributed by atoms with E-state index in [2.05, 4.69) is 23.8 Å². The number of hydrogen-bond acceptors (Lipinski definition) is 4. The van der Waals surface area contributed by atoms with E-state index in [1.165, 1.54) is 23.9 Å². The minimum absolute atomic E-state index is 0.221. The van der Waals surface area contributed by atoms with Crippen molar-refractivity contribution in [1.82, 2.24) is 9.97 Å². The van der Waals surface area contributed by atoms with Crippen LogP contribution in [0.15, 0.2) is 59.8 Å². The molecule has 0 fully saturated rings. The van der Waals surface area contributed by atoms with Gasteiger partial charge >= 0.3 is 0 Å². The normalized spacial score (nSPS) is 11.0. The molecule has 0 aliphatic rings. The second-order valence-electron chi connectivity index (χ2n) is 6.05. The highest BCUT2D eigenvalue weighted by Crippen LogP contribution is 2.28. The second-order valence-corrected chi connectivity index (χ2v) is 7.43. The smallest absolute Gasteiger partial charge is 0.223 e. The summed E-state index contributed by atoms with van der Waals surface area (Å²) in [5, 5.41) is 1.32. The van der Waals surface area contributed by atoms with Gasteiger partial charge in [-0.2, -0.15) is 4.98 Å². The van der Waals surface area contributed by atoms with Gasteiger partial charge in [0.1, 0.15) is 11.6 Å². The lowest BCUT2D eigenvalue weighted by Crippen LogP contribution is -2.00. The first kappa shape index (κ1) is 18.7. The predicted molar refractivity (Wildman–Crippen MR) is 104 cm³/mol. The van der Waals surface area contributed by atoms with Gasteiger partial charge in [0.15, 0.2) is 5.16 Å². The SMILES string of the molecule is CC(C)c1cc(Oc2cccc(F)c2)nc(SCc2cccc(Cl)c2)n1. The summed E-state index contributed by atoms with van der Waals surface area (Å²) < 4.78 is 19.1. The van der Waals surface area contributed by atoms with Crippen LogP contribution < -0.4 is 4.74 Å². The van der Waals surface area contributed by atoms with Gasteiger partial charge < -0.3 is 4.74 Å². The Hall–Kier alpha value is -2.11. The topological polar surface area (TPSA) is 35.0 Å². The average Bonchev–Trinajstić information content (AvgIpc) is 2.60. The summed E-state index contributed by atoms with van der Waals surface area (Å²) in [6, 6.07) is 15.5. The number of aromatic nitrogens is 2. The van der Waals surface area contributed by atoms with Crippen molar-refractivity contribution in [1.29, 1.82) is 0 Å². The fourth-order valence-corrected chi connectivity index (χ4v) is 3.27. The van der Waals surface area contributed by atoms with E-state index in [9.17, 15) is 4.39 Å².